The molecule has 0 amide bonds. The van der Waals surface area contributed by atoms with Crippen molar-refractivity contribution >= 4 is 22.6 Å². The van der Waals surface area contributed by atoms with Crippen molar-refractivity contribution in [3.63, 3.8) is 0 Å². The van der Waals surface area contributed by atoms with E-state index in [1.165, 1.54) is 0 Å². The predicted molar refractivity (Wildman–Crippen MR) is 86.2 cm³/mol. The van der Waals surface area contributed by atoms with Gasteiger partial charge < -0.3 is 14.6 Å². The van der Waals surface area contributed by atoms with Crippen LogP contribution in [0.1, 0.15) is 10.4 Å². The second-order valence-corrected chi connectivity index (χ2v) is 5.29. The molecule has 0 spiro atoms. The highest BCUT2D eigenvalue weighted by Crippen LogP contribution is 2.28. The number of carbonyl (C=O) groups is 1. The summed E-state index contributed by atoms with van der Waals surface area (Å²) in [5.41, 5.74) is 3.29. The Balaban J connectivity index is 1.90. The van der Waals surface area contributed by atoms with Gasteiger partial charge in [-0.3, -0.25) is 0 Å². The van der Waals surface area contributed by atoms with Gasteiger partial charge in [-0.2, -0.15) is 0 Å². The molecule has 0 radical (unpaired) electrons. The van der Waals surface area contributed by atoms with Gasteiger partial charge in [-0.25, -0.2) is 4.79 Å². The average molecular weight is 290 g/mol. The minimum absolute atomic E-state index is 0.324. The van der Waals surface area contributed by atoms with Crippen LogP contribution >= 0.6 is 0 Å². The van der Waals surface area contributed by atoms with Crippen LogP contribution in [0.2, 0.25) is 0 Å². The molecular formula is C18H14N2O2. The molecule has 2 aliphatic heterocycles. The molecule has 2 aromatic rings. The van der Waals surface area contributed by atoms with Crippen LogP contribution in [-0.2, 0) is 0 Å². The summed E-state index contributed by atoms with van der Waals surface area (Å²) in [4.78, 5) is 13.6. The topological polar surface area (TPSA) is 45.5 Å². The highest BCUT2D eigenvalue weighted by atomic mass is 16.4. The molecule has 1 aromatic heterocycles. The van der Waals surface area contributed by atoms with Crippen LogP contribution in [0.5, 0.6) is 0 Å². The molecule has 0 unspecified atom stereocenters. The largest absolute Gasteiger partial charge is 0.478 e. The predicted octanol–water partition coefficient (Wildman–Crippen LogP) is 3.46. The number of carboxylic acid groups (broad SMARTS) is 1. The van der Waals surface area contributed by atoms with E-state index in [0.29, 0.717) is 5.56 Å². The zero-order valence-corrected chi connectivity index (χ0v) is 11.8. The molecule has 0 saturated carbocycles. The lowest BCUT2D eigenvalue weighted by Crippen LogP contribution is -2.20. The van der Waals surface area contributed by atoms with Gasteiger partial charge in [0.2, 0.25) is 0 Å². The van der Waals surface area contributed by atoms with E-state index in [1.807, 2.05) is 47.2 Å². The molecular weight excluding hydrogens is 276 g/mol. The molecule has 1 N–H and O–H groups in total. The van der Waals surface area contributed by atoms with Gasteiger partial charge in [0.05, 0.1) is 11.1 Å². The minimum atomic E-state index is -0.906. The van der Waals surface area contributed by atoms with Gasteiger partial charge in [0.15, 0.2) is 0 Å². The molecule has 0 atom stereocenters. The highest BCUT2D eigenvalue weighted by molar-refractivity contribution is 6.04. The van der Waals surface area contributed by atoms with Crippen LogP contribution in [-0.4, -0.2) is 27.1 Å². The van der Waals surface area contributed by atoms with E-state index in [0.717, 1.165) is 28.8 Å². The molecule has 2 aliphatic rings. The summed E-state index contributed by atoms with van der Waals surface area (Å²) in [7, 11) is 0. The van der Waals surface area contributed by atoms with Crippen LogP contribution < -0.4 is 0 Å². The molecule has 0 aliphatic carbocycles. The van der Waals surface area contributed by atoms with E-state index in [4.69, 9.17) is 0 Å². The molecule has 0 fully saturated rings. The maximum atomic E-state index is 11.5. The first-order valence-electron chi connectivity index (χ1n) is 7.11. The number of fused-ring (bicyclic) bond motifs is 2. The molecule has 1 aromatic carbocycles. The Kier molecular flexibility index (Phi) is 2.76. The standard InChI is InChI=1S/C18H14N2O2/c21-18(22)16-12-20(17-7-2-1-6-15(16)17)14-8-10-19-9-4-3-5-13(19)11-14/h1-8,10-12H,9H2,(H,21,22). The number of hydrogen-bond acceptors (Lipinski definition) is 2. The Bertz CT molecular complexity index is 897. The summed E-state index contributed by atoms with van der Waals surface area (Å²) >= 11 is 0. The van der Waals surface area contributed by atoms with Crippen LogP contribution in [0.15, 0.2) is 72.7 Å². The quantitative estimate of drug-likeness (QED) is 0.921. The molecule has 0 bridgehead atoms. The molecule has 4 rings (SSSR count). The molecule has 4 heteroatoms. The maximum absolute atomic E-state index is 11.5. The van der Waals surface area contributed by atoms with Crippen molar-refractivity contribution in [1.29, 1.82) is 0 Å². The number of carboxylic acids is 1. The third-order valence-corrected chi connectivity index (χ3v) is 3.98. The first kappa shape index (κ1) is 12.7. The lowest BCUT2D eigenvalue weighted by atomic mass is 10.1. The fourth-order valence-electron chi connectivity index (χ4n) is 2.90. The van der Waals surface area contributed by atoms with Crippen LogP contribution in [0.25, 0.3) is 16.6 Å². The smallest absolute Gasteiger partial charge is 0.337 e. The van der Waals surface area contributed by atoms with Gasteiger partial charge >= 0.3 is 5.97 Å². The summed E-state index contributed by atoms with van der Waals surface area (Å²) in [5.74, 6) is -0.906. The van der Waals surface area contributed by atoms with Crippen molar-refractivity contribution in [2.45, 2.75) is 0 Å². The fourth-order valence-corrected chi connectivity index (χ4v) is 2.90. The summed E-state index contributed by atoms with van der Waals surface area (Å²) in [5, 5.41) is 10.2. The van der Waals surface area contributed by atoms with Crippen molar-refractivity contribution in [3.05, 3.63) is 78.3 Å². The summed E-state index contributed by atoms with van der Waals surface area (Å²) in [6.45, 7) is 0.860. The van der Waals surface area contributed by atoms with Gasteiger partial charge in [0, 0.05) is 35.7 Å². The molecule has 108 valence electrons. The Hall–Kier alpha value is -3.01. The minimum Gasteiger partial charge on any atom is -0.478 e. The van der Waals surface area contributed by atoms with Crippen LogP contribution in [0, 0.1) is 0 Å². The zero-order valence-electron chi connectivity index (χ0n) is 11.8. The fraction of sp³-hybridized carbons (Fsp3) is 0.0556. The number of allylic oxidation sites excluding steroid dienone is 5. The van der Waals surface area contributed by atoms with Crippen LogP contribution in [0.3, 0.4) is 0 Å². The SMILES string of the molecule is O=C(O)c1cn(C2=CC3=CC=CCN3C=C2)c2ccccc12. The van der Waals surface area contributed by atoms with E-state index in [2.05, 4.69) is 23.1 Å². The summed E-state index contributed by atoms with van der Waals surface area (Å²) in [6, 6.07) is 7.57. The van der Waals surface area contributed by atoms with Crippen molar-refractivity contribution in [1.82, 2.24) is 9.47 Å². The first-order valence-corrected chi connectivity index (χ1v) is 7.11. The number of nitrogens with zero attached hydrogens (tertiary/aromatic N) is 2. The summed E-state index contributed by atoms with van der Waals surface area (Å²) < 4.78 is 1.94. The Morgan fingerprint density at radius 1 is 1.18 bits per heavy atom. The third kappa shape index (κ3) is 1.89. The number of hydrogen-bond donors (Lipinski definition) is 1. The summed E-state index contributed by atoms with van der Waals surface area (Å²) in [6.07, 6.45) is 14.0. The monoisotopic (exact) mass is 290 g/mol. The van der Waals surface area contributed by atoms with Crippen LogP contribution in [0.4, 0.5) is 0 Å². The second-order valence-electron chi connectivity index (χ2n) is 5.29. The number of aromatic carboxylic acids is 1. The van der Waals surface area contributed by atoms with Gasteiger partial charge in [-0.05, 0) is 24.3 Å². The van der Waals surface area contributed by atoms with E-state index < -0.39 is 5.97 Å². The number of benzene rings is 1. The van der Waals surface area contributed by atoms with E-state index in [1.54, 1.807) is 6.20 Å². The maximum Gasteiger partial charge on any atom is 0.337 e. The van der Waals surface area contributed by atoms with Crippen molar-refractivity contribution in [2.75, 3.05) is 6.54 Å². The van der Waals surface area contributed by atoms with Gasteiger partial charge in [-0.1, -0.05) is 30.4 Å². The Morgan fingerprint density at radius 3 is 2.91 bits per heavy atom. The molecule has 22 heavy (non-hydrogen) atoms. The van der Waals surface area contributed by atoms with E-state index in [9.17, 15) is 9.90 Å². The van der Waals surface area contributed by atoms with Crippen molar-refractivity contribution in [3.8, 4) is 0 Å². The van der Waals surface area contributed by atoms with E-state index >= 15 is 0 Å². The van der Waals surface area contributed by atoms with E-state index in [-0.39, 0.29) is 0 Å². The number of aromatic nitrogens is 1. The number of para-hydroxylation sites is 1. The molecule has 3 heterocycles. The van der Waals surface area contributed by atoms with Crippen molar-refractivity contribution in [2.24, 2.45) is 0 Å². The first-order chi connectivity index (χ1) is 10.7. The van der Waals surface area contributed by atoms with Crippen molar-refractivity contribution < 1.29 is 9.90 Å². The lowest BCUT2D eigenvalue weighted by Gasteiger charge is -2.26. The lowest BCUT2D eigenvalue weighted by molar-refractivity contribution is 0.0699. The Morgan fingerprint density at radius 2 is 2.05 bits per heavy atom. The Labute approximate surface area is 127 Å². The second kappa shape index (κ2) is 4.77. The van der Waals surface area contributed by atoms with Gasteiger partial charge in [0.1, 0.15) is 0 Å². The van der Waals surface area contributed by atoms with Gasteiger partial charge in [0.25, 0.3) is 0 Å². The molecule has 0 saturated heterocycles. The zero-order chi connectivity index (χ0) is 15.1. The highest BCUT2D eigenvalue weighted by Gasteiger charge is 2.17. The molecule has 4 nitrogen and oxygen atoms in total. The third-order valence-electron chi connectivity index (χ3n) is 3.98. The van der Waals surface area contributed by atoms with Gasteiger partial charge in [-0.15, -0.1) is 0 Å². The number of rotatable bonds is 2. The average Bonchev–Trinajstić information content (AvgIpc) is 2.94. The normalized spacial score (nSPS) is 16.5.